The fourth-order valence-electron chi connectivity index (χ4n) is 9.78. The maximum absolute atomic E-state index is 13.4. The number of ether oxygens (including phenoxy) is 2. The number of Topliss-reactive ketones (excluding diaryl/α,β-unsaturated/α-hetero) is 1. The third-order valence-corrected chi connectivity index (χ3v) is 12.0. The zero-order valence-electron chi connectivity index (χ0n) is 22.0. The van der Waals surface area contributed by atoms with Gasteiger partial charge in [-0.15, -0.1) is 0 Å². The minimum Gasteiger partial charge on any atom is -0.458 e. The standard InChI is InChI=1S/C27H38O10S/c1-12-8-20(35-25(31)16(12)11-28)13(2)17-4-5-18-15-9-22-27(36-22)23(14(15)6-7-26(17,18)3)19(29)10-21(24(27)30)37-38(32,33)34/h13-15,17-18,20-24,28,30H,4-11H2,1-3H3,(H,32,33,34)/t13-,14-,15+,17?,18-,20+,21-,22+,23?,24-,26+,27+/m0/s1. The van der Waals surface area contributed by atoms with Crippen molar-refractivity contribution in [3.63, 3.8) is 0 Å². The minimum absolute atomic E-state index is 0.0176. The summed E-state index contributed by atoms with van der Waals surface area (Å²) in [6, 6.07) is 0. The van der Waals surface area contributed by atoms with Crippen LogP contribution in [0.5, 0.6) is 0 Å². The first kappa shape index (κ1) is 26.8. The molecule has 0 bridgehead atoms. The van der Waals surface area contributed by atoms with Gasteiger partial charge in [-0.1, -0.05) is 19.4 Å². The predicted molar refractivity (Wildman–Crippen MR) is 132 cm³/mol. The number of hydrogen-bond acceptors (Lipinski definition) is 9. The number of carbonyl (C=O) groups excluding carboxylic acids is 2. The van der Waals surface area contributed by atoms with Crippen molar-refractivity contribution in [3.05, 3.63) is 11.1 Å². The molecule has 0 aromatic heterocycles. The Bertz CT molecular complexity index is 1180. The number of rotatable bonds is 5. The molecular formula is C27H38O10S. The molecule has 4 aliphatic carbocycles. The lowest BCUT2D eigenvalue weighted by Crippen LogP contribution is -2.62. The van der Waals surface area contributed by atoms with Gasteiger partial charge in [0.2, 0.25) is 0 Å². The van der Waals surface area contributed by atoms with Gasteiger partial charge in [0.05, 0.1) is 24.2 Å². The second kappa shape index (κ2) is 8.81. The Kier molecular flexibility index (Phi) is 6.22. The molecule has 0 radical (unpaired) electrons. The topological polar surface area (TPSA) is 160 Å². The molecule has 11 heteroatoms. The largest absolute Gasteiger partial charge is 0.458 e. The highest BCUT2D eigenvalue weighted by Crippen LogP contribution is 2.70. The third kappa shape index (κ3) is 3.79. The molecule has 38 heavy (non-hydrogen) atoms. The van der Waals surface area contributed by atoms with E-state index in [9.17, 15) is 28.2 Å². The minimum atomic E-state index is -4.82. The predicted octanol–water partition coefficient (Wildman–Crippen LogP) is 1.98. The Morgan fingerprint density at radius 2 is 1.89 bits per heavy atom. The van der Waals surface area contributed by atoms with E-state index in [4.69, 9.17) is 14.0 Å². The van der Waals surface area contributed by atoms with Crippen LogP contribution in [0.4, 0.5) is 0 Å². The van der Waals surface area contributed by atoms with Crippen molar-refractivity contribution in [2.75, 3.05) is 6.61 Å². The monoisotopic (exact) mass is 554 g/mol. The van der Waals surface area contributed by atoms with Gasteiger partial charge in [-0.05, 0) is 74.0 Å². The summed E-state index contributed by atoms with van der Waals surface area (Å²) in [7, 11) is -4.82. The maximum Gasteiger partial charge on any atom is 0.397 e. The van der Waals surface area contributed by atoms with Gasteiger partial charge >= 0.3 is 16.4 Å². The number of aliphatic hydroxyl groups excluding tert-OH is 2. The lowest BCUT2D eigenvalue weighted by atomic mass is 9.48. The molecule has 5 fully saturated rings. The van der Waals surface area contributed by atoms with E-state index in [1.807, 2.05) is 6.92 Å². The van der Waals surface area contributed by atoms with Gasteiger partial charge in [-0.25, -0.2) is 8.98 Å². The second-order valence-electron chi connectivity index (χ2n) is 12.9. The molecule has 4 saturated carbocycles. The number of aliphatic hydroxyl groups is 2. The van der Waals surface area contributed by atoms with Gasteiger partial charge in [0.25, 0.3) is 0 Å². The smallest absolute Gasteiger partial charge is 0.397 e. The fourth-order valence-corrected chi connectivity index (χ4v) is 10.3. The summed E-state index contributed by atoms with van der Waals surface area (Å²) in [5, 5.41) is 20.6. The highest BCUT2D eigenvalue weighted by molar-refractivity contribution is 7.80. The van der Waals surface area contributed by atoms with Crippen LogP contribution in [0.25, 0.3) is 0 Å². The van der Waals surface area contributed by atoms with Crippen LogP contribution in [-0.4, -0.2) is 71.6 Å². The van der Waals surface area contributed by atoms with Gasteiger partial charge in [-0.3, -0.25) is 9.35 Å². The van der Waals surface area contributed by atoms with Crippen molar-refractivity contribution in [2.45, 2.75) is 95.7 Å². The first-order valence-corrected chi connectivity index (χ1v) is 15.2. The molecule has 212 valence electrons. The Labute approximate surface area is 223 Å². The van der Waals surface area contributed by atoms with Crippen molar-refractivity contribution in [2.24, 2.45) is 40.9 Å². The zero-order chi connectivity index (χ0) is 27.4. The number of fused-ring (bicyclic) bond motifs is 4. The number of cyclic esters (lactones) is 1. The Morgan fingerprint density at radius 1 is 1.16 bits per heavy atom. The molecule has 0 aromatic carbocycles. The zero-order valence-corrected chi connectivity index (χ0v) is 22.9. The maximum atomic E-state index is 13.4. The number of carbonyl (C=O) groups is 2. The van der Waals surface area contributed by atoms with E-state index in [0.29, 0.717) is 30.3 Å². The average Bonchev–Trinajstić information content (AvgIpc) is 3.44. The van der Waals surface area contributed by atoms with Gasteiger partial charge < -0.3 is 19.7 Å². The molecule has 6 rings (SSSR count). The molecule has 3 N–H and O–H groups in total. The molecule has 2 heterocycles. The highest BCUT2D eigenvalue weighted by atomic mass is 32.3. The van der Waals surface area contributed by atoms with Crippen molar-refractivity contribution >= 4 is 22.2 Å². The van der Waals surface area contributed by atoms with Crippen LogP contribution in [0.15, 0.2) is 11.1 Å². The van der Waals surface area contributed by atoms with E-state index in [1.54, 1.807) is 0 Å². The first-order chi connectivity index (χ1) is 17.8. The van der Waals surface area contributed by atoms with Crippen molar-refractivity contribution in [1.29, 1.82) is 0 Å². The third-order valence-electron chi connectivity index (χ3n) is 11.5. The van der Waals surface area contributed by atoms with Crippen LogP contribution in [0, 0.1) is 40.9 Å². The van der Waals surface area contributed by atoms with Gasteiger partial charge in [0.1, 0.15) is 29.7 Å². The molecule has 12 atom stereocenters. The highest BCUT2D eigenvalue weighted by Gasteiger charge is 2.77. The molecule has 0 amide bonds. The summed E-state index contributed by atoms with van der Waals surface area (Å²) >= 11 is 0. The summed E-state index contributed by atoms with van der Waals surface area (Å²) in [5.74, 6) is 0.0750. The van der Waals surface area contributed by atoms with Gasteiger partial charge in [-0.2, -0.15) is 8.42 Å². The van der Waals surface area contributed by atoms with Crippen LogP contribution in [0.3, 0.4) is 0 Å². The quantitative estimate of drug-likeness (QED) is 0.260. The Hall–Kier alpha value is -1.37. The first-order valence-electron chi connectivity index (χ1n) is 13.9. The molecule has 2 unspecified atom stereocenters. The lowest BCUT2D eigenvalue weighted by molar-refractivity contribution is -0.157. The van der Waals surface area contributed by atoms with Crippen LogP contribution in [-0.2, 0) is 33.6 Å². The average molecular weight is 555 g/mol. The molecule has 2 aliphatic heterocycles. The summed E-state index contributed by atoms with van der Waals surface area (Å²) < 4.78 is 48.3. The molecule has 1 spiro atoms. The number of esters is 1. The van der Waals surface area contributed by atoms with Crippen LogP contribution >= 0.6 is 0 Å². The van der Waals surface area contributed by atoms with Crippen molar-refractivity contribution < 1.29 is 46.4 Å². The lowest BCUT2D eigenvalue weighted by Gasteiger charge is -2.55. The van der Waals surface area contributed by atoms with Crippen LogP contribution in [0.1, 0.15) is 65.7 Å². The Balaban J connectivity index is 1.22. The second-order valence-corrected chi connectivity index (χ2v) is 14.0. The molecular weight excluding hydrogens is 516 g/mol. The van der Waals surface area contributed by atoms with Crippen molar-refractivity contribution in [3.8, 4) is 0 Å². The fraction of sp³-hybridized carbons (Fsp3) is 0.852. The van der Waals surface area contributed by atoms with E-state index in [-0.39, 0.29) is 54.2 Å². The SMILES string of the molecule is CC1=C(CO)C(=O)O[C@@H]([C@@H](C)C2CC[C@H]3[C@@H]4C[C@H]5O[C@@]56C(C(=O)C[C@H](OS(=O)(=O)O)[C@@H]6O)[C@H]4CC[C@]23C)C1. The molecule has 0 aromatic rings. The van der Waals surface area contributed by atoms with E-state index >= 15 is 0 Å². The van der Waals surface area contributed by atoms with Gasteiger partial charge in [0, 0.05) is 12.8 Å². The van der Waals surface area contributed by atoms with Crippen molar-refractivity contribution in [1.82, 2.24) is 0 Å². The number of hydrogen-bond donors (Lipinski definition) is 3. The Morgan fingerprint density at radius 3 is 2.55 bits per heavy atom. The van der Waals surface area contributed by atoms with Crippen LogP contribution in [0.2, 0.25) is 0 Å². The number of epoxide rings is 1. The number of ketones is 1. The van der Waals surface area contributed by atoms with E-state index in [1.165, 1.54) is 0 Å². The normalized spacial score (nSPS) is 48.9. The van der Waals surface area contributed by atoms with E-state index in [0.717, 1.165) is 31.3 Å². The molecule has 6 aliphatic rings. The summed E-state index contributed by atoms with van der Waals surface area (Å²) in [6.45, 7) is 6.10. The summed E-state index contributed by atoms with van der Waals surface area (Å²) in [5.41, 5.74) is 0.145. The van der Waals surface area contributed by atoms with E-state index < -0.39 is 40.1 Å². The van der Waals surface area contributed by atoms with Gasteiger partial charge in [0.15, 0.2) is 0 Å². The van der Waals surface area contributed by atoms with Crippen LogP contribution < -0.4 is 0 Å². The molecule has 1 saturated heterocycles. The van der Waals surface area contributed by atoms with E-state index in [2.05, 4.69) is 18.0 Å². The summed E-state index contributed by atoms with van der Waals surface area (Å²) in [6.07, 6.45) is 1.59. The summed E-state index contributed by atoms with van der Waals surface area (Å²) in [4.78, 5) is 25.9. The molecule has 10 nitrogen and oxygen atoms in total.